The standard InChI is InChI=1S/C30H31F3N4O6/c1-17(2)14-21(36-28(41)25-11-10-24(43-25)18-6-3-7-19(15-18)30(31,32)33)27(40)35-20-8-5-13-37(16-23(20)39)29(42)26-22(38)9-4-12-34-26/h3-4,6-7,9-12,15,17,20-21,38H,5,8,13-14,16H2,1-2H3,(H,35,40)(H,36,41)/t20-,21-/m0/s1. The molecule has 0 bridgehead atoms. The molecule has 1 aliphatic rings. The minimum absolute atomic E-state index is 0.0303. The van der Waals surface area contributed by atoms with Crippen molar-refractivity contribution in [2.75, 3.05) is 13.1 Å². The molecule has 0 radical (unpaired) electrons. The number of Topliss-reactive ketones (excluding diaryl/α,β-unsaturated/α-hetero) is 1. The minimum Gasteiger partial charge on any atom is -0.505 e. The molecule has 3 N–H and O–H groups in total. The second-order valence-corrected chi connectivity index (χ2v) is 10.7. The number of ketones is 1. The molecule has 10 nitrogen and oxygen atoms in total. The Hall–Kier alpha value is -4.68. The smallest absolute Gasteiger partial charge is 0.416 e. The predicted octanol–water partition coefficient (Wildman–Crippen LogP) is 4.20. The van der Waals surface area contributed by atoms with Gasteiger partial charge in [-0.05, 0) is 61.6 Å². The molecular weight excluding hydrogens is 569 g/mol. The summed E-state index contributed by atoms with van der Waals surface area (Å²) in [6.07, 6.45) is -2.32. The molecule has 0 spiro atoms. The monoisotopic (exact) mass is 600 g/mol. The van der Waals surface area contributed by atoms with Gasteiger partial charge in [-0.2, -0.15) is 13.2 Å². The van der Waals surface area contributed by atoms with E-state index < -0.39 is 47.3 Å². The number of pyridine rings is 1. The summed E-state index contributed by atoms with van der Waals surface area (Å²) >= 11 is 0. The maximum Gasteiger partial charge on any atom is 0.416 e. The molecule has 13 heteroatoms. The number of halogens is 3. The average Bonchev–Trinajstić information content (AvgIpc) is 3.38. The van der Waals surface area contributed by atoms with Crippen molar-refractivity contribution in [2.45, 2.75) is 51.4 Å². The van der Waals surface area contributed by atoms with E-state index in [4.69, 9.17) is 4.42 Å². The summed E-state index contributed by atoms with van der Waals surface area (Å²) in [4.78, 5) is 57.3. The van der Waals surface area contributed by atoms with Crippen molar-refractivity contribution in [3.8, 4) is 17.1 Å². The fourth-order valence-electron chi connectivity index (χ4n) is 4.73. The number of nitrogens with one attached hydrogen (secondary N) is 2. The first kappa shape index (κ1) is 31.3. The Morgan fingerprint density at radius 1 is 1.14 bits per heavy atom. The third-order valence-corrected chi connectivity index (χ3v) is 6.88. The lowest BCUT2D eigenvalue weighted by molar-refractivity contribution is -0.137. The molecule has 0 unspecified atom stereocenters. The molecule has 3 aromatic rings. The van der Waals surface area contributed by atoms with Crippen LogP contribution in [0.5, 0.6) is 5.75 Å². The van der Waals surface area contributed by atoms with Crippen molar-refractivity contribution in [2.24, 2.45) is 5.92 Å². The van der Waals surface area contributed by atoms with E-state index in [-0.39, 0.29) is 60.4 Å². The summed E-state index contributed by atoms with van der Waals surface area (Å²) < 4.78 is 44.9. The highest BCUT2D eigenvalue weighted by Gasteiger charge is 2.33. The van der Waals surface area contributed by atoms with Crippen LogP contribution in [0.1, 0.15) is 59.7 Å². The molecule has 1 fully saturated rings. The summed E-state index contributed by atoms with van der Waals surface area (Å²) in [5.74, 6) is -2.87. The number of aromatic hydroxyl groups is 1. The fourth-order valence-corrected chi connectivity index (χ4v) is 4.73. The average molecular weight is 601 g/mol. The third-order valence-electron chi connectivity index (χ3n) is 6.88. The zero-order valence-electron chi connectivity index (χ0n) is 23.5. The van der Waals surface area contributed by atoms with Crippen LogP contribution in [-0.4, -0.2) is 63.7 Å². The first-order valence-electron chi connectivity index (χ1n) is 13.7. The number of aromatic nitrogens is 1. The van der Waals surface area contributed by atoms with Crippen LogP contribution in [0.2, 0.25) is 0 Å². The van der Waals surface area contributed by atoms with E-state index in [1.54, 1.807) is 0 Å². The van der Waals surface area contributed by atoms with Crippen molar-refractivity contribution in [1.29, 1.82) is 0 Å². The van der Waals surface area contributed by atoms with Gasteiger partial charge in [-0.25, -0.2) is 4.98 Å². The fraction of sp³-hybridized carbons (Fsp3) is 0.367. The Bertz CT molecular complexity index is 1500. The number of hydrogen-bond acceptors (Lipinski definition) is 7. The van der Waals surface area contributed by atoms with E-state index >= 15 is 0 Å². The summed E-state index contributed by atoms with van der Waals surface area (Å²) in [5.41, 5.74) is -0.911. The van der Waals surface area contributed by atoms with E-state index in [9.17, 15) is 37.5 Å². The van der Waals surface area contributed by atoms with Gasteiger partial charge in [0.1, 0.15) is 17.6 Å². The van der Waals surface area contributed by atoms with Crippen molar-refractivity contribution in [3.05, 3.63) is 71.7 Å². The van der Waals surface area contributed by atoms with Crippen LogP contribution < -0.4 is 10.6 Å². The summed E-state index contributed by atoms with van der Waals surface area (Å²) in [5, 5.41) is 15.3. The number of rotatable bonds is 8. The molecule has 0 saturated carbocycles. The van der Waals surface area contributed by atoms with E-state index in [1.165, 1.54) is 47.5 Å². The number of benzene rings is 1. The van der Waals surface area contributed by atoms with Crippen LogP contribution in [0, 0.1) is 5.92 Å². The Balaban J connectivity index is 1.42. The third kappa shape index (κ3) is 7.79. The molecule has 1 saturated heterocycles. The molecule has 0 aliphatic carbocycles. The van der Waals surface area contributed by atoms with Gasteiger partial charge in [0.15, 0.2) is 17.2 Å². The van der Waals surface area contributed by atoms with Crippen molar-refractivity contribution in [3.63, 3.8) is 0 Å². The highest BCUT2D eigenvalue weighted by molar-refractivity contribution is 6.00. The highest BCUT2D eigenvalue weighted by atomic mass is 19.4. The number of carbonyl (C=O) groups excluding carboxylic acids is 4. The Kier molecular flexibility index (Phi) is 9.52. The molecule has 1 aliphatic heterocycles. The SMILES string of the molecule is CC(C)C[C@H](NC(=O)c1ccc(-c2cccc(C(F)(F)F)c2)o1)C(=O)N[C@H]1CCCN(C(=O)c2ncccc2O)CC1=O. The first-order chi connectivity index (χ1) is 20.3. The van der Waals surface area contributed by atoms with E-state index in [1.807, 2.05) is 13.8 Å². The van der Waals surface area contributed by atoms with Gasteiger partial charge in [-0.1, -0.05) is 26.0 Å². The van der Waals surface area contributed by atoms with Crippen molar-refractivity contribution >= 4 is 23.5 Å². The lowest BCUT2D eigenvalue weighted by atomic mass is 10.0. The van der Waals surface area contributed by atoms with Gasteiger partial charge in [0.25, 0.3) is 11.8 Å². The van der Waals surface area contributed by atoms with E-state index in [0.717, 1.165) is 12.1 Å². The summed E-state index contributed by atoms with van der Waals surface area (Å²) in [6, 6.07) is 7.98. The molecule has 4 rings (SSSR count). The molecule has 2 aromatic heterocycles. The van der Waals surface area contributed by atoms with Crippen LogP contribution in [0.4, 0.5) is 13.2 Å². The second-order valence-electron chi connectivity index (χ2n) is 10.7. The lowest BCUT2D eigenvalue weighted by Crippen LogP contribution is -2.52. The lowest BCUT2D eigenvalue weighted by Gasteiger charge is -2.23. The van der Waals surface area contributed by atoms with Gasteiger partial charge in [0.2, 0.25) is 5.91 Å². The molecule has 1 aromatic carbocycles. The quantitative estimate of drug-likeness (QED) is 0.352. The van der Waals surface area contributed by atoms with Gasteiger partial charge < -0.3 is 25.1 Å². The van der Waals surface area contributed by atoms with Crippen LogP contribution in [-0.2, 0) is 15.8 Å². The second kappa shape index (κ2) is 13.1. The molecule has 228 valence electrons. The maximum absolute atomic E-state index is 13.3. The number of alkyl halides is 3. The molecule has 2 atom stereocenters. The topological polar surface area (TPSA) is 142 Å². The number of nitrogens with zero attached hydrogens (tertiary/aromatic N) is 2. The van der Waals surface area contributed by atoms with Gasteiger partial charge in [-0.15, -0.1) is 0 Å². The molecule has 3 amide bonds. The summed E-state index contributed by atoms with van der Waals surface area (Å²) in [6.45, 7) is 3.61. The number of carbonyl (C=O) groups is 4. The Morgan fingerprint density at radius 3 is 2.60 bits per heavy atom. The predicted molar refractivity (Wildman–Crippen MR) is 148 cm³/mol. The Morgan fingerprint density at radius 2 is 1.91 bits per heavy atom. The van der Waals surface area contributed by atoms with Crippen LogP contribution in [0.3, 0.4) is 0 Å². The highest BCUT2D eigenvalue weighted by Crippen LogP contribution is 2.32. The first-order valence-corrected chi connectivity index (χ1v) is 13.7. The van der Waals surface area contributed by atoms with Crippen LogP contribution in [0.25, 0.3) is 11.3 Å². The number of furan rings is 1. The van der Waals surface area contributed by atoms with Crippen LogP contribution >= 0.6 is 0 Å². The van der Waals surface area contributed by atoms with Crippen molar-refractivity contribution < 1.29 is 41.9 Å². The number of likely N-dealkylation sites (tertiary alicyclic amines) is 1. The Labute approximate surface area is 245 Å². The van der Waals surface area contributed by atoms with Gasteiger partial charge >= 0.3 is 6.18 Å². The molecule has 3 heterocycles. The van der Waals surface area contributed by atoms with Crippen molar-refractivity contribution in [1.82, 2.24) is 20.5 Å². The van der Waals surface area contributed by atoms with E-state index in [2.05, 4.69) is 15.6 Å². The minimum atomic E-state index is -4.55. The van der Waals surface area contributed by atoms with Gasteiger partial charge in [0.05, 0.1) is 18.2 Å². The van der Waals surface area contributed by atoms with Gasteiger partial charge in [0, 0.05) is 18.3 Å². The molecule has 43 heavy (non-hydrogen) atoms. The van der Waals surface area contributed by atoms with E-state index in [0.29, 0.717) is 6.42 Å². The molecular formula is C30H31F3N4O6. The number of hydrogen-bond donors (Lipinski definition) is 3. The zero-order valence-corrected chi connectivity index (χ0v) is 23.5. The normalized spacial score (nSPS) is 16.5. The zero-order chi connectivity index (χ0) is 31.3. The maximum atomic E-state index is 13.3. The van der Waals surface area contributed by atoms with Gasteiger partial charge in [-0.3, -0.25) is 19.2 Å². The van der Waals surface area contributed by atoms with Crippen LogP contribution in [0.15, 0.2) is 59.1 Å². The number of amides is 3. The summed E-state index contributed by atoms with van der Waals surface area (Å²) in [7, 11) is 0. The largest absolute Gasteiger partial charge is 0.505 e.